The van der Waals surface area contributed by atoms with E-state index >= 15 is 0 Å². The van der Waals surface area contributed by atoms with Crippen molar-refractivity contribution in [2.45, 2.75) is 19.3 Å². The summed E-state index contributed by atoms with van der Waals surface area (Å²) in [5.41, 5.74) is 0.423. The van der Waals surface area contributed by atoms with Gasteiger partial charge in [-0.15, -0.1) is 10.2 Å². The number of hydrogen-bond donors (Lipinski definition) is 0. The molecule has 1 fully saturated rings. The summed E-state index contributed by atoms with van der Waals surface area (Å²) in [5, 5.41) is 8.00. The Balaban J connectivity index is 1.57. The summed E-state index contributed by atoms with van der Waals surface area (Å²) in [7, 11) is 1.94. The van der Waals surface area contributed by atoms with Crippen LogP contribution in [0.3, 0.4) is 0 Å². The zero-order valence-corrected chi connectivity index (χ0v) is 12.6. The van der Waals surface area contributed by atoms with E-state index in [2.05, 4.69) is 10.2 Å². The van der Waals surface area contributed by atoms with Crippen LogP contribution in [0.4, 0.5) is 4.39 Å². The summed E-state index contributed by atoms with van der Waals surface area (Å²) >= 11 is 0. The Morgan fingerprint density at radius 1 is 1.36 bits per heavy atom. The molecule has 1 amide bonds. The molecular weight excluding hydrogens is 283 g/mol. The lowest BCUT2D eigenvalue weighted by atomic mass is 9.93. The van der Waals surface area contributed by atoms with Gasteiger partial charge in [0.05, 0.1) is 0 Å². The molecular formula is C16H19FN4O. The number of aryl methyl sites for hydroxylation is 1. The molecule has 0 unspecified atom stereocenters. The summed E-state index contributed by atoms with van der Waals surface area (Å²) < 4.78 is 15.2. The maximum absolute atomic E-state index is 13.2. The molecule has 0 atom stereocenters. The number of halogens is 1. The molecule has 0 bridgehead atoms. The number of aromatic nitrogens is 3. The van der Waals surface area contributed by atoms with Crippen molar-refractivity contribution in [1.29, 1.82) is 0 Å². The van der Waals surface area contributed by atoms with Crippen LogP contribution < -0.4 is 0 Å². The number of piperidine rings is 1. The van der Waals surface area contributed by atoms with E-state index in [1.54, 1.807) is 18.5 Å². The Bertz CT molecular complexity index is 662. The van der Waals surface area contributed by atoms with Crippen LogP contribution in [0.1, 0.15) is 29.0 Å². The van der Waals surface area contributed by atoms with Gasteiger partial charge in [-0.05, 0) is 37.0 Å². The average molecular weight is 302 g/mol. The zero-order chi connectivity index (χ0) is 15.5. The third-order valence-electron chi connectivity index (χ3n) is 4.25. The lowest BCUT2D eigenvalue weighted by Gasteiger charge is -2.31. The third-order valence-corrected chi connectivity index (χ3v) is 4.25. The fourth-order valence-electron chi connectivity index (χ4n) is 2.89. The summed E-state index contributed by atoms with van der Waals surface area (Å²) in [6.07, 6.45) is 4.47. The molecule has 1 aromatic carbocycles. The van der Waals surface area contributed by atoms with Gasteiger partial charge in [0.25, 0.3) is 5.91 Å². The van der Waals surface area contributed by atoms with Gasteiger partial charge in [0.1, 0.15) is 18.0 Å². The van der Waals surface area contributed by atoms with Gasteiger partial charge in [0.2, 0.25) is 0 Å². The van der Waals surface area contributed by atoms with Crippen LogP contribution in [-0.2, 0) is 13.5 Å². The van der Waals surface area contributed by atoms with E-state index in [-0.39, 0.29) is 11.7 Å². The second-order valence-electron chi connectivity index (χ2n) is 5.81. The van der Waals surface area contributed by atoms with E-state index < -0.39 is 0 Å². The molecule has 6 heteroatoms. The number of carbonyl (C=O) groups excluding carboxylic acids is 1. The Hall–Kier alpha value is -2.24. The maximum atomic E-state index is 13.2. The molecule has 1 aliphatic rings. The molecule has 22 heavy (non-hydrogen) atoms. The minimum Gasteiger partial charge on any atom is -0.339 e. The van der Waals surface area contributed by atoms with E-state index in [1.807, 2.05) is 16.5 Å². The van der Waals surface area contributed by atoms with Gasteiger partial charge in [-0.3, -0.25) is 4.79 Å². The number of amides is 1. The molecule has 2 aromatic rings. The Morgan fingerprint density at radius 3 is 2.77 bits per heavy atom. The number of rotatable bonds is 3. The Kier molecular flexibility index (Phi) is 4.18. The molecule has 3 rings (SSSR count). The molecule has 0 spiro atoms. The minimum absolute atomic E-state index is 0.0865. The molecule has 0 N–H and O–H groups in total. The topological polar surface area (TPSA) is 51.0 Å². The van der Waals surface area contributed by atoms with Gasteiger partial charge >= 0.3 is 0 Å². The van der Waals surface area contributed by atoms with Crippen LogP contribution in [0.15, 0.2) is 30.6 Å². The van der Waals surface area contributed by atoms with Gasteiger partial charge in [-0.1, -0.05) is 6.07 Å². The predicted octanol–water partition coefficient (Wildman–Crippen LogP) is 2.05. The van der Waals surface area contributed by atoms with Crippen molar-refractivity contribution in [2.75, 3.05) is 13.1 Å². The van der Waals surface area contributed by atoms with Crippen LogP contribution in [0.5, 0.6) is 0 Å². The number of carbonyl (C=O) groups is 1. The van der Waals surface area contributed by atoms with E-state index in [0.717, 1.165) is 25.1 Å². The monoisotopic (exact) mass is 302 g/mol. The molecule has 1 saturated heterocycles. The van der Waals surface area contributed by atoms with Crippen molar-refractivity contribution in [1.82, 2.24) is 19.7 Å². The van der Waals surface area contributed by atoms with Crippen LogP contribution >= 0.6 is 0 Å². The molecule has 1 aromatic heterocycles. The summed E-state index contributed by atoms with van der Waals surface area (Å²) in [6, 6.07) is 5.89. The average Bonchev–Trinajstić information content (AvgIpc) is 2.92. The first kappa shape index (κ1) is 14.7. The fraction of sp³-hybridized carbons (Fsp3) is 0.438. The van der Waals surface area contributed by atoms with Crippen LogP contribution in [0.2, 0.25) is 0 Å². The highest BCUT2D eigenvalue weighted by molar-refractivity contribution is 5.94. The lowest BCUT2D eigenvalue weighted by Crippen LogP contribution is -2.39. The number of hydrogen-bond acceptors (Lipinski definition) is 3. The van der Waals surface area contributed by atoms with Gasteiger partial charge in [0.15, 0.2) is 0 Å². The molecule has 1 aliphatic heterocycles. The highest BCUT2D eigenvalue weighted by atomic mass is 19.1. The highest BCUT2D eigenvalue weighted by Gasteiger charge is 2.24. The van der Waals surface area contributed by atoms with Crippen molar-refractivity contribution in [3.05, 3.63) is 47.8 Å². The molecule has 0 radical (unpaired) electrons. The quantitative estimate of drug-likeness (QED) is 0.872. The maximum Gasteiger partial charge on any atom is 0.253 e. The SMILES string of the molecule is Cn1cnnc1CC1CCN(C(=O)c2cccc(F)c2)CC1. The normalized spacial score (nSPS) is 16.0. The zero-order valence-electron chi connectivity index (χ0n) is 12.6. The first-order valence-corrected chi connectivity index (χ1v) is 7.51. The second kappa shape index (κ2) is 6.25. The van der Waals surface area contributed by atoms with E-state index in [0.29, 0.717) is 24.6 Å². The van der Waals surface area contributed by atoms with E-state index in [1.165, 1.54) is 12.1 Å². The van der Waals surface area contributed by atoms with Crippen LogP contribution in [0, 0.1) is 11.7 Å². The lowest BCUT2D eigenvalue weighted by molar-refractivity contribution is 0.0689. The number of benzene rings is 1. The van der Waals surface area contributed by atoms with E-state index in [9.17, 15) is 9.18 Å². The van der Waals surface area contributed by atoms with Gasteiger partial charge in [0, 0.05) is 32.1 Å². The summed E-state index contributed by atoms with van der Waals surface area (Å²) in [4.78, 5) is 14.2. The molecule has 116 valence electrons. The summed E-state index contributed by atoms with van der Waals surface area (Å²) in [5.74, 6) is 1.04. The van der Waals surface area contributed by atoms with Gasteiger partial charge < -0.3 is 9.47 Å². The first-order chi connectivity index (χ1) is 10.6. The van der Waals surface area contributed by atoms with Crippen LogP contribution in [-0.4, -0.2) is 38.7 Å². The van der Waals surface area contributed by atoms with Crippen molar-refractivity contribution >= 4 is 5.91 Å². The van der Waals surface area contributed by atoms with E-state index in [4.69, 9.17) is 0 Å². The Morgan fingerprint density at radius 2 is 2.14 bits per heavy atom. The largest absolute Gasteiger partial charge is 0.339 e. The fourth-order valence-corrected chi connectivity index (χ4v) is 2.89. The number of nitrogens with zero attached hydrogens (tertiary/aromatic N) is 4. The smallest absolute Gasteiger partial charge is 0.253 e. The minimum atomic E-state index is -0.372. The molecule has 5 nitrogen and oxygen atoms in total. The molecule has 2 heterocycles. The van der Waals surface area contributed by atoms with Crippen molar-refractivity contribution in [3.63, 3.8) is 0 Å². The van der Waals surface area contributed by atoms with Gasteiger partial charge in [-0.2, -0.15) is 0 Å². The standard InChI is InChI=1S/C16H19FN4O/c1-20-11-18-19-15(20)9-12-5-7-21(8-6-12)16(22)13-3-2-4-14(17)10-13/h2-4,10-12H,5-9H2,1H3. The summed E-state index contributed by atoms with van der Waals surface area (Å²) in [6.45, 7) is 1.41. The van der Waals surface area contributed by atoms with Gasteiger partial charge in [-0.25, -0.2) is 4.39 Å². The first-order valence-electron chi connectivity index (χ1n) is 7.51. The third kappa shape index (κ3) is 3.16. The van der Waals surface area contributed by atoms with Crippen molar-refractivity contribution < 1.29 is 9.18 Å². The highest BCUT2D eigenvalue weighted by Crippen LogP contribution is 2.22. The predicted molar refractivity (Wildman–Crippen MR) is 79.7 cm³/mol. The van der Waals surface area contributed by atoms with Crippen molar-refractivity contribution in [2.24, 2.45) is 13.0 Å². The molecule has 0 aliphatic carbocycles. The Labute approximate surface area is 128 Å². The second-order valence-corrected chi connectivity index (χ2v) is 5.81. The number of likely N-dealkylation sites (tertiary alicyclic amines) is 1. The van der Waals surface area contributed by atoms with Crippen LogP contribution in [0.25, 0.3) is 0 Å². The van der Waals surface area contributed by atoms with Crippen molar-refractivity contribution in [3.8, 4) is 0 Å². The molecule has 0 saturated carbocycles.